The fourth-order valence-electron chi connectivity index (χ4n) is 2.01. The smallest absolute Gasteiger partial charge is 0.314 e. The monoisotopic (exact) mass is 231 g/mol. The van der Waals surface area contributed by atoms with Crippen LogP contribution in [0.5, 0.6) is 0 Å². The molecule has 0 spiro atoms. The maximum Gasteiger partial charge on any atom is 0.314 e. The third kappa shape index (κ3) is 2.39. The Morgan fingerprint density at radius 1 is 1.47 bits per heavy atom. The van der Waals surface area contributed by atoms with Gasteiger partial charge in [0.25, 0.3) is 0 Å². The van der Waals surface area contributed by atoms with Crippen molar-refractivity contribution < 1.29 is 9.90 Å². The van der Waals surface area contributed by atoms with Crippen LogP contribution in [0.2, 0.25) is 0 Å². The first kappa shape index (κ1) is 11.9. The van der Waals surface area contributed by atoms with Crippen molar-refractivity contribution in [1.82, 2.24) is 0 Å². The molecule has 3 heteroatoms. The largest absolute Gasteiger partial charge is 0.481 e. The minimum absolute atomic E-state index is 0.613. The Hall–Kier alpha value is -1.61. The molecule has 90 valence electrons. The number of carbonyl (C=O) groups is 1. The minimum Gasteiger partial charge on any atom is -0.481 e. The average molecular weight is 231 g/mol. The summed E-state index contributed by atoms with van der Waals surface area (Å²) in [5, 5.41) is 9.23. The van der Waals surface area contributed by atoms with Crippen molar-refractivity contribution in [1.29, 1.82) is 0 Å². The van der Waals surface area contributed by atoms with E-state index in [4.69, 9.17) is 5.73 Å². The number of carboxylic acids is 1. The Kier molecular flexibility index (Phi) is 3.29. The van der Waals surface area contributed by atoms with Gasteiger partial charge in [0, 0.05) is 0 Å². The van der Waals surface area contributed by atoms with E-state index in [1.54, 1.807) is 0 Å². The van der Waals surface area contributed by atoms with Gasteiger partial charge in [0.05, 0.1) is 5.41 Å². The fraction of sp³-hybridized carbons (Fsp3) is 0.357. The van der Waals surface area contributed by atoms with Crippen LogP contribution in [0.4, 0.5) is 0 Å². The third-order valence-corrected chi connectivity index (χ3v) is 3.24. The van der Waals surface area contributed by atoms with Crippen molar-refractivity contribution in [3.05, 3.63) is 41.5 Å². The van der Waals surface area contributed by atoms with Crippen LogP contribution in [-0.2, 0) is 10.2 Å². The summed E-state index contributed by atoms with van der Waals surface area (Å²) in [6, 6.07) is 7.77. The average Bonchev–Trinajstić information content (AvgIpc) is 3.11. The number of hydrogen-bond donors (Lipinski definition) is 2. The predicted octanol–water partition coefficient (Wildman–Crippen LogP) is 2.16. The molecule has 1 aliphatic carbocycles. The molecule has 1 aliphatic rings. The molecule has 2 rings (SSSR count). The van der Waals surface area contributed by atoms with Gasteiger partial charge in [-0.3, -0.25) is 4.79 Å². The molecule has 1 saturated carbocycles. The van der Waals surface area contributed by atoms with Crippen LogP contribution in [0.15, 0.2) is 30.3 Å². The summed E-state index contributed by atoms with van der Waals surface area (Å²) in [4.78, 5) is 11.2. The summed E-state index contributed by atoms with van der Waals surface area (Å²) < 4.78 is 0. The molecule has 1 aromatic rings. The molecule has 0 aliphatic heterocycles. The molecule has 0 aromatic heterocycles. The quantitative estimate of drug-likeness (QED) is 0.816. The molecule has 3 N–H and O–H groups in total. The second-order valence-corrected chi connectivity index (χ2v) is 4.49. The van der Waals surface area contributed by atoms with Crippen molar-refractivity contribution in [3.8, 4) is 0 Å². The highest BCUT2D eigenvalue weighted by Crippen LogP contribution is 2.48. The van der Waals surface area contributed by atoms with Crippen LogP contribution in [0, 0.1) is 0 Å². The van der Waals surface area contributed by atoms with E-state index in [9.17, 15) is 9.90 Å². The molecule has 0 bridgehead atoms. The first-order valence-electron chi connectivity index (χ1n) is 5.89. The fourth-order valence-corrected chi connectivity index (χ4v) is 2.01. The van der Waals surface area contributed by atoms with Gasteiger partial charge in [0.1, 0.15) is 0 Å². The lowest BCUT2D eigenvalue weighted by Gasteiger charge is -2.10. The van der Waals surface area contributed by atoms with Gasteiger partial charge < -0.3 is 10.8 Å². The Bertz CT molecular complexity index is 447. The van der Waals surface area contributed by atoms with Gasteiger partial charge >= 0.3 is 5.97 Å². The first-order chi connectivity index (χ1) is 8.19. The summed E-state index contributed by atoms with van der Waals surface area (Å²) >= 11 is 0. The van der Waals surface area contributed by atoms with Crippen LogP contribution in [0.3, 0.4) is 0 Å². The number of carboxylic acid groups (broad SMARTS) is 1. The number of aliphatic carboxylic acids is 1. The zero-order chi connectivity index (χ0) is 12.3. The van der Waals surface area contributed by atoms with E-state index >= 15 is 0 Å². The molecule has 17 heavy (non-hydrogen) atoms. The van der Waals surface area contributed by atoms with Crippen molar-refractivity contribution in [3.63, 3.8) is 0 Å². The van der Waals surface area contributed by atoms with Crippen LogP contribution in [0.1, 0.15) is 30.4 Å². The molecular weight excluding hydrogens is 214 g/mol. The summed E-state index contributed by atoms with van der Waals surface area (Å²) in [5.74, 6) is -0.708. The zero-order valence-corrected chi connectivity index (χ0v) is 9.73. The molecule has 0 heterocycles. The van der Waals surface area contributed by atoms with Gasteiger partial charge in [0.15, 0.2) is 0 Å². The van der Waals surface area contributed by atoms with E-state index in [-0.39, 0.29) is 0 Å². The van der Waals surface area contributed by atoms with Gasteiger partial charge in [-0.15, -0.1) is 0 Å². The van der Waals surface area contributed by atoms with E-state index in [2.05, 4.69) is 0 Å². The summed E-state index contributed by atoms with van der Waals surface area (Å²) in [7, 11) is 0. The van der Waals surface area contributed by atoms with Crippen molar-refractivity contribution in [2.45, 2.75) is 24.7 Å². The van der Waals surface area contributed by atoms with Crippen molar-refractivity contribution >= 4 is 12.0 Å². The lowest BCUT2D eigenvalue weighted by molar-refractivity contribution is -0.140. The Balaban J connectivity index is 2.20. The Labute approximate surface area is 101 Å². The second-order valence-electron chi connectivity index (χ2n) is 4.49. The minimum atomic E-state index is -0.708. The zero-order valence-electron chi connectivity index (χ0n) is 9.73. The molecule has 1 aromatic carbocycles. The number of rotatable bonds is 5. The number of nitrogens with two attached hydrogens (primary N) is 1. The predicted molar refractivity (Wildman–Crippen MR) is 67.7 cm³/mol. The molecular formula is C14H17NO2. The van der Waals surface area contributed by atoms with E-state index < -0.39 is 11.4 Å². The lowest BCUT2D eigenvalue weighted by atomic mass is 9.94. The highest BCUT2D eigenvalue weighted by Gasteiger charge is 2.51. The normalized spacial score (nSPS) is 17.2. The Morgan fingerprint density at radius 3 is 2.82 bits per heavy atom. The molecule has 0 atom stereocenters. The molecule has 0 amide bonds. The van der Waals surface area contributed by atoms with Gasteiger partial charge in [0.2, 0.25) is 0 Å². The summed E-state index contributed by atoms with van der Waals surface area (Å²) in [6.45, 7) is 0.634. The standard InChI is InChI=1S/C14H17NO2/c15-9-2-1-4-11-5-3-6-12(10-11)14(7-8-14)13(16)17/h1,3-6,10H,2,7-9,15H2,(H,16,17). The molecule has 0 unspecified atom stereocenters. The van der Waals surface area contributed by atoms with Gasteiger partial charge in [-0.25, -0.2) is 0 Å². The van der Waals surface area contributed by atoms with Gasteiger partial charge in [-0.1, -0.05) is 36.4 Å². The maximum atomic E-state index is 11.2. The van der Waals surface area contributed by atoms with Crippen LogP contribution in [0.25, 0.3) is 6.08 Å². The van der Waals surface area contributed by atoms with Crippen LogP contribution >= 0.6 is 0 Å². The summed E-state index contributed by atoms with van der Waals surface area (Å²) in [6.07, 6.45) is 6.35. The first-order valence-corrected chi connectivity index (χ1v) is 5.89. The van der Waals surface area contributed by atoms with E-state index in [0.717, 1.165) is 30.4 Å². The number of hydrogen-bond acceptors (Lipinski definition) is 2. The highest BCUT2D eigenvalue weighted by atomic mass is 16.4. The van der Waals surface area contributed by atoms with E-state index in [1.165, 1.54) is 0 Å². The van der Waals surface area contributed by atoms with Crippen LogP contribution < -0.4 is 5.73 Å². The molecule has 0 radical (unpaired) electrons. The molecule has 0 saturated heterocycles. The van der Waals surface area contributed by atoms with Crippen LogP contribution in [-0.4, -0.2) is 17.6 Å². The number of benzene rings is 1. The van der Waals surface area contributed by atoms with E-state index in [0.29, 0.717) is 6.54 Å². The second kappa shape index (κ2) is 4.72. The third-order valence-electron chi connectivity index (χ3n) is 3.24. The molecule has 3 nitrogen and oxygen atoms in total. The van der Waals surface area contributed by atoms with Gasteiger partial charge in [-0.05, 0) is 36.9 Å². The van der Waals surface area contributed by atoms with Crippen molar-refractivity contribution in [2.75, 3.05) is 6.54 Å². The van der Waals surface area contributed by atoms with Gasteiger partial charge in [-0.2, -0.15) is 0 Å². The lowest BCUT2D eigenvalue weighted by Crippen LogP contribution is -2.19. The SMILES string of the molecule is NCCC=Cc1cccc(C2(C(=O)O)CC2)c1. The Morgan fingerprint density at radius 2 is 2.24 bits per heavy atom. The topological polar surface area (TPSA) is 63.3 Å². The highest BCUT2D eigenvalue weighted by molar-refractivity contribution is 5.85. The molecule has 1 fully saturated rings. The summed E-state index contributed by atoms with van der Waals surface area (Å²) in [5.41, 5.74) is 6.76. The van der Waals surface area contributed by atoms with E-state index in [1.807, 2.05) is 36.4 Å². The van der Waals surface area contributed by atoms with Crippen molar-refractivity contribution in [2.24, 2.45) is 5.73 Å². The maximum absolute atomic E-state index is 11.2.